The number of hydrogen-bond acceptors (Lipinski definition) is 3. The summed E-state index contributed by atoms with van der Waals surface area (Å²) in [7, 11) is 0. The molecule has 1 aliphatic carbocycles. The Hall–Kier alpha value is -0.510. The Balaban J connectivity index is 1.82. The van der Waals surface area contributed by atoms with Crippen LogP contribution in [0.3, 0.4) is 0 Å². The van der Waals surface area contributed by atoms with Gasteiger partial charge in [-0.1, -0.05) is 17.7 Å². The Morgan fingerprint density at radius 2 is 2.06 bits per heavy atom. The molecule has 0 radical (unpaired) electrons. The fraction of sp³-hybridized carbons (Fsp3) is 0.538. The van der Waals surface area contributed by atoms with E-state index in [-0.39, 0.29) is 6.10 Å². The largest absolute Gasteiger partial charge is 0.390 e. The van der Waals surface area contributed by atoms with Crippen LogP contribution < -0.4 is 0 Å². The van der Waals surface area contributed by atoms with Crippen molar-refractivity contribution in [2.75, 3.05) is 0 Å². The highest BCUT2D eigenvalue weighted by Crippen LogP contribution is 2.34. The third-order valence-corrected chi connectivity index (χ3v) is 3.81. The summed E-state index contributed by atoms with van der Waals surface area (Å²) in [5, 5.41) is 9.81. The van der Waals surface area contributed by atoms with Gasteiger partial charge in [0, 0.05) is 23.4 Å². The highest BCUT2D eigenvalue weighted by molar-refractivity contribution is 7.94. The summed E-state index contributed by atoms with van der Waals surface area (Å²) in [6.07, 6.45) is 2.71. The second-order valence-electron chi connectivity index (χ2n) is 4.85. The van der Waals surface area contributed by atoms with Gasteiger partial charge in [-0.3, -0.25) is 0 Å². The fourth-order valence-corrected chi connectivity index (χ4v) is 2.62. The maximum atomic E-state index is 9.81. The van der Waals surface area contributed by atoms with Gasteiger partial charge in [0.2, 0.25) is 0 Å². The normalized spacial score (nSPS) is 29.6. The van der Waals surface area contributed by atoms with Gasteiger partial charge in [0.15, 0.2) is 0 Å². The zero-order chi connectivity index (χ0) is 11.6. The van der Waals surface area contributed by atoms with Gasteiger partial charge >= 0.3 is 0 Å². The maximum absolute atomic E-state index is 9.81. The molecule has 0 aliphatic heterocycles. The predicted molar refractivity (Wildman–Crippen MR) is 66.4 cm³/mol. The fourth-order valence-electron chi connectivity index (χ4n) is 1.97. The lowest BCUT2D eigenvalue weighted by molar-refractivity contribution is 0.0568. The Morgan fingerprint density at radius 3 is 2.62 bits per heavy atom. The van der Waals surface area contributed by atoms with E-state index in [1.54, 1.807) is 0 Å². The van der Waals surface area contributed by atoms with E-state index in [0.29, 0.717) is 0 Å². The van der Waals surface area contributed by atoms with Crippen LogP contribution in [0.1, 0.15) is 31.7 Å². The molecule has 1 aromatic rings. The van der Waals surface area contributed by atoms with Crippen LogP contribution >= 0.6 is 12.0 Å². The minimum atomic E-state index is -0.529. The van der Waals surface area contributed by atoms with E-state index in [9.17, 15) is 5.11 Å². The van der Waals surface area contributed by atoms with E-state index in [2.05, 4.69) is 31.2 Å². The summed E-state index contributed by atoms with van der Waals surface area (Å²) in [5.41, 5.74) is 0.728. The summed E-state index contributed by atoms with van der Waals surface area (Å²) in [6, 6.07) is 8.28. The van der Waals surface area contributed by atoms with E-state index in [1.165, 1.54) is 17.6 Å². The summed E-state index contributed by atoms with van der Waals surface area (Å²) < 4.78 is 5.72. The first kappa shape index (κ1) is 12.0. The Kier molecular flexibility index (Phi) is 3.57. The molecule has 2 unspecified atom stereocenters. The van der Waals surface area contributed by atoms with Crippen LogP contribution in [0.4, 0.5) is 0 Å². The van der Waals surface area contributed by atoms with E-state index < -0.39 is 5.60 Å². The number of aliphatic hydroxyl groups is 1. The molecule has 1 saturated carbocycles. The van der Waals surface area contributed by atoms with Crippen LogP contribution in [0, 0.1) is 6.92 Å². The molecule has 1 fully saturated rings. The SMILES string of the molecule is Cc1ccc(SOC2CCC(C)(O)C2)cc1. The monoisotopic (exact) mass is 238 g/mol. The first-order valence-electron chi connectivity index (χ1n) is 5.68. The van der Waals surface area contributed by atoms with Gasteiger partial charge in [0.05, 0.1) is 11.7 Å². The molecule has 2 rings (SSSR count). The summed E-state index contributed by atoms with van der Waals surface area (Å²) in [6.45, 7) is 3.95. The highest BCUT2D eigenvalue weighted by Gasteiger charge is 2.33. The number of aryl methyl sites for hydroxylation is 1. The number of benzene rings is 1. The molecule has 0 heterocycles. The van der Waals surface area contributed by atoms with Gasteiger partial charge < -0.3 is 9.29 Å². The molecule has 3 heteroatoms. The number of rotatable bonds is 3. The van der Waals surface area contributed by atoms with E-state index in [1.807, 2.05) is 6.92 Å². The molecule has 88 valence electrons. The molecule has 1 N–H and O–H groups in total. The van der Waals surface area contributed by atoms with Crippen LogP contribution in [-0.2, 0) is 4.18 Å². The van der Waals surface area contributed by atoms with E-state index in [4.69, 9.17) is 4.18 Å². The zero-order valence-electron chi connectivity index (χ0n) is 9.77. The third-order valence-electron chi connectivity index (χ3n) is 2.97. The predicted octanol–water partition coefficient (Wildman–Crippen LogP) is 3.32. The van der Waals surface area contributed by atoms with Crippen molar-refractivity contribution in [1.29, 1.82) is 0 Å². The van der Waals surface area contributed by atoms with Crippen molar-refractivity contribution in [3.63, 3.8) is 0 Å². The molecule has 2 nitrogen and oxygen atoms in total. The van der Waals surface area contributed by atoms with E-state index >= 15 is 0 Å². The van der Waals surface area contributed by atoms with Gasteiger partial charge in [-0.25, -0.2) is 0 Å². The quantitative estimate of drug-likeness (QED) is 0.819. The first-order chi connectivity index (χ1) is 7.55. The lowest BCUT2D eigenvalue weighted by Crippen LogP contribution is -2.20. The average molecular weight is 238 g/mol. The third kappa shape index (κ3) is 3.24. The summed E-state index contributed by atoms with van der Waals surface area (Å²) in [4.78, 5) is 1.12. The summed E-state index contributed by atoms with van der Waals surface area (Å²) >= 11 is 1.42. The zero-order valence-corrected chi connectivity index (χ0v) is 10.6. The average Bonchev–Trinajstić information content (AvgIpc) is 2.58. The lowest BCUT2D eigenvalue weighted by atomic mass is 10.1. The molecule has 16 heavy (non-hydrogen) atoms. The smallest absolute Gasteiger partial charge is 0.0755 e. The van der Waals surface area contributed by atoms with Crippen molar-refractivity contribution in [1.82, 2.24) is 0 Å². The van der Waals surface area contributed by atoms with Gasteiger partial charge in [0.25, 0.3) is 0 Å². The highest BCUT2D eigenvalue weighted by atomic mass is 32.2. The first-order valence-corrected chi connectivity index (χ1v) is 6.42. The maximum Gasteiger partial charge on any atom is 0.0755 e. The molecular weight excluding hydrogens is 220 g/mol. The molecule has 2 atom stereocenters. The van der Waals surface area contributed by atoms with Crippen molar-refractivity contribution >= 4 is 12.0 Å². The molecule has 1 aliphatic rings. The molecule has 0 aromatic heterocycles. The van der Waals surface area contributed by atoms with Crippen LogP contribution in [0.2, 0.25) is 0 Å². The Labute approximate surface area is 101 Å². The van der Waals surface area contributed by atoms with Gasteiger partial charge in [-0.05, 0) is 38.8 Å². The molecule has 0 spiro atoms. The lowest BCUT2D eigenvalue weighted by Gasteiger charge is -2.15. The van der Waals surface area contributed by atoms with Crippen molar-refractivity contribution < 1.29 is 9.29 Å². The van der Waals surface area contributed by atoms with Gasteiger partial charge in [0.1, 0.15) is 0 Å². The molecule has 1 aromatic carbocycles. The second-order valence-corrected chi connectivity index (χ2v) is 5.68. The van der Waals surface area contributed by atoms with Gasteiger partial charge in [-0.15, -0.1) is 0 Å². The van der Waals surface area contributed by atoms with Crippen molar-refractivity contribution in [3.8, 4) is 0 Å². The van der Waals surface area contributed by atoms with Gasteiger partial charge in [-0.2, -0.15) is 0 Å². The molecular formula is C13H18O2S. The van der Waals surface area contributed by atoms with Crippen LogP contribution in [0.15, 0.2) is 29.2 Å². The van der Waals surface area contributed by atoms with Crippen molar-refractivity contribution in [2.45, 2.75) is 49.7 Å². The summed E-state index contributed by atoms with van der Waals surface area (Å²) in [5.74, 6) is 0. The standard InChI is InChI=1S/C13H18O2S/c1-10-3-5-12(6-4-10)16-15-11-7-8-13(2,14)9-11/h3-6,11,14H,7-9H2,1-2H3. The number of hydrogen-bond donors (Lipinski definition) is 1. The Bertz CT molecular complexity index is 345. The topological polar surface area (TPSA) is 29.5 Å². The second kappa shape index (κ2) is 4.78. The Morgan fingerprint density at radius 1 is 1.38 bits per heavy atom. The van der Waals surface area contributed by atoms with Crippen LogP contribution in [0.25, 0.3) is 0 Å². The van der Waals surface area contributed by atoms with Crippen molar-refractivity contribution in [2.24, 2.45) is 0 Å². The molecule has 0 saturated heterocycles. The van der Waals surface area contributed by atoms with E-state index in [0.717, 1.165) is 24.2 Å². The molecule has 0 amide bonds. The molecule has 0 bridgehead atoms. The van der Waals surface area contributed by atoms with Crippen LogP contribution in [0.5, 0.6) is 0 Å². The minimum absolute atomic E-state index is 0.182. The van der Waals surface area contributed by atoms with Crippen molar-refractivity contribution in [3.05, 3.63) is 29.8 Å². The minimum Gasteiger partial charge on any atom is -0.390 e. The van der Waals surface area contributed by atoms with Crippen LogP contribution in [-0.4, -0.2) is 16.8 Å².